The molecular weight excluding hydrogens is 338 g/mol. The number of hydrogen-bond acceptors (Lipinski definition) is 3. The van der Waals surface area contributed by atoms with Gasteiger partial charge in [-0.3, -0.25) is 0 Å². The highest BCUT2D eigenvalue weighted by Gasteiger charge is 2.18. The quantitative estimate of drug-likeness (QED) is 0.614. The maximum Gasteiger partial charge on any atom is 0.150 e. The van der Waals surface area contributed by atoms with E-state index in [0.717, 1.165) is 35.7 Å². The summed E-state index contributed by atoms with van der Waals surface area (Å²) in [6.07, 6.45) is 2.33. The Morgan fingerprint density at radius 1 is 0.962 bits per heavy atom. The summed E-state index contributed by atoms with van der Waals surface area (Å²) in [6.45, 7) is 0.577. The predicted octanol–water partition coefficient (Wildman–Crippen LogP) is 4.41. The van der Waals surface area contributed by atoms with Gasteiger partial charge in [0.1, 0.15) is 23.1 Å². The van der Waals surface area contributed by atoms with Gasteiger partial charge in [0.2, 0.25) is 0 Å². The van der Waals surface area contributed by atoms with Crippen molar-refractivity contribution in [2.45, 2.75) is 19.3 Å². The summed E-state index contributed by atoms with van der Waals surface area (Å²) in [5.74, 6) is 0.0418. The zero-order chi connectivity index (χ0) is 18.7. The third kappa shape index (κ3) is 3.51. The predicted molar refractivity (Wildman–Crippen MR) is 98.7 cm³/mol. The van der Waals surface area contributed by atoms with Gasteiger partial charge in [-0.25, -0.2) is 8.78 Å². The topological polar surface area (TPSA) is 60.3 Å². The SMILES string of the molecule is COc1cc(OC)cc(-c2[nH]c3c(F)cc(F)cc3c2CCCCN)c1. The summed E-state index contributed by atoms with van der Waals surface area (Å²) in [5.41, 5.74) is 8.28. The minimum Gasteiger partial charge on any atom is -0.497 e. The fraction of sp³-hybridized carbons (Fsp3) is 0.300. The van der Waals surface area contributed by atoms with Crippen molar-refractivity contribution >= 4 is 10.9 Å². The normalized spacial score (nSPS) is 11.1. The summed E-state index contributed by atoms with van der Waals surface area (Å²) < 4.78 is 38.8. The molecule has 0 fully saturated rings. The molecule has 0 bridgehead atoms. The van der Waals surface area contributed by atoms with Crippen molar-refractivity contribution in [2.24, 2.45) is 5.73 Å². The Labute approximate surface area is 150 Å². The molecule has 0 saturated carbocycles. The Morgan fingerprint density at radius 2 is 1.65 bits per heavy atom. The number of nitrogens with two attached hydrogens (primary N) is 1. The van der Waals surface area contributed by atoms with Crippen molar-refractivity contribution in [1.82, 2.24) is 4.98 Å². The second-order valence-electron chi connectivity index (χ2n) is 6.14. The van der Waals surface area contributed by atoms with Gasteiger partial charge in [0, 0.05) is 23.1 Å². The fourth-order valence-electron chi connectivity index (χ4n) is 3.18. The van der Waals surface area contributed by atoms with Gasteiger partial charge in [0.05, 0.1) is 25.4 Å². The van der Waals surface area contributed by atoms with E-state index >= 15 is 0 Å². The molecule has 3 rings (SSSR count). The largest absolute Gasteiger partial charge is 0.497 e. The lowest BCUT2D eigenvalue weighted by Gasteiger charge is -2.10. The van der Waals surface area contributed by atoms with Gasteiger partial charge in [-0.15, -0.1) is 0 Å². The number of halogens is 2. The van der Waals surface area contributed by atoms with Crippen molar-refractivity contribution in [3.05, 3.63) is 47.5 Å². The van der Waals surface area contributed by atoms with E-state index in [4.69, 9.17) is 15.2 Å². The molecule has 1 heterocycles. The van der Waals surface area contributed by atoms with Crippen LogP contribution in [0, 0.1) is 11.6 Å². The van der Waals surface area contributed by atoms with E-state index in [1.165, 1.54) is 6.07 Å². The van der Waals surface area contributed by atoms with Crippen LogP contribution in [0.15, 0.2) is 30.3 Å². The Morgan fingerprint density at radius 3 is 2.27 bits per heavy atom. The van der Waals surface area contributed by atoms with Crippen molar-refractivity contribution < 1.29 is 18.3 Å². The maximum absolute atomic E-state index is 14.3. The number of benzene rings is 2. The zero-order valence-corrected chi connectivity index (χ0v) is 14.9. The molecule has 2 aromatic carbocycles. The van der Waals surface area contributed by atoms with Gasteiger partial charge < -0.3 is 20.2 Å². The maximum atomic E-state index is 14.3. The third-order valence-electron chi connectivity index (χ3n) is 4.45. The van der Waals surface area contributed by atoms with Crippen LogP contribution in [0.5, 0.6) is 11.5 Å². The highest BCUT2D eigenvalue weighted by atomic mass is 19.1. The molecule has 6 heteroatoms. The molecule has 0 saturated heterocycles. The molecule has 0 spiro atoms. The number of unbranched alkanes of at least 4 members (excludes halogenated alkanes) is 1. The van der Waals surface area contributed by atoms with E-state index in [9.17, 15) is 8.78 Å². The summed E-state index contributed by atoms with van der Waals surface area (Å²) in [4.78, 5) is 3.12. The van der Waals surface area contributed by atoms with Crippen LogP contribution in [0.4, 0.5) is 8.78 Å². The van der Waals surface area contributed by atoms with Gasteiger partial charge >= 0.3 is 0 Å². The van der Waals surface area contributed by atoms with Gasteiger partial charge in [0.25, 0.3) is 0 Å². The van der Waals surface area contributed by atoms with Crippen LogP contribution in [-0.2, 0) is 6.42 Å². The number of methoxy groups -OCH3 is 2. The van der Waals surface area contributed by atoms with E-state index in [-0.39, 0.29) is 0 Å². The molecule has 0 atom stereocenters. The van der Waals surface area contributed by atoms with Gasteiger partial charge in [-0.05, 0) is 49.6 Å². The first-order chi connectivity index (χ1) is 12.6. The number of hydrogen-bond donors (Lipinski definition) is 2. The van der Waals surface area contributed by atoms with Crippen molar-refractivity contribution in [3.63, 3.8) is 0 Å². The molecule has 3 aromatic rings. The number of aryl methyl sites for hydroxylation is 1. The molecule has 0 aliphatic heterocycles. The number of nitrogens with one attached hydrogen (secondary N) is 1. The fourth-order valence-corrected chi connectivity index (χ4v) is 3.18. The Hall–Kier alpha value is -2.60. The highest BCUT2D eigenvalue weighted by molar-refractivity contribution is 5.91. The molecule has 3 N–H and O–H groups in total. The summed E-state index contributed by atoms with van der Waals surface area (Å²) in [5, 5.41) is 0.552. The van der Waals surface area contributed by atoms with Crippen LogP contribution in [0.25, 0.3) is 22.2 Å². The molecule has 1 aromatic heterocycles. The van der Waals surface area contributed by atoms with E-state index in [1.807, 2.05) is 12.1 Å². The van der Waals surface area contributed by atoms with Crippen LogP contribution in [0.2, 0.25) is 0 Å². The van der Waals surface area contributed by atoms with E-state index in [1.54, 1.807) is 20.3 Å². The second-order valence-corrected chi connectivity index (χ2v) is 6.14. The lowest BCUT2D eigenvalue weighted by atomic mass is 10.00. The van der Waals surface area contributed by atoms with Crippen molar-refractivity contribution in [2.75, 3.05) is 20.8 Å². The molecular formula is C20H22F2N2O2. The molecule has 4 nitrogen and oxygen atoms in total. The van der Waals surface area contributed by atoms with Gasteiger partial charge in [0.15, 0.2) is 0 Å². The molecule has 0 amide bonds. The van der Waals surface area contributed by atoms with Crippen LogP contribution in [-0.4, -0.2) is 25.7 Å². The number of fused-ring (bicyclic) bond motifs is 1. The molecule has 0 unspecified atom stereocenters. The Bertz CT molecular complexity index is 900. The second kappa shape index (κ2) is 7.74. The number of rotatable bonds is 7. The smallest absolute Gasteiger partial charge is 0.150 e. The van der Waals surface area contributed by atoms with Crippen molar-refractivity contribution in [3.8, 4) is 22.8 Å². The summed E-state index contributed by atoms with van der Waals surface area (Å²) in [7, 11) is 3.14. The first kappa shape index (κ1) is 18.2. The lowest BCUT2D eigenvalue weighted by molar-refractivity contribution is 0.394. The average Bonchev–Trinajstić information content (AvgIpc) is 3.00. The Kier molecular flexibility index (Phi) is 5.42. The van der Waals surface area contributed by atoms with E-state index in [2.05, 4.69) is 4.98 Å². The van der Waals surface area contributed by atoms with E-state index < -0.39 is 11.6 Å². The molecule has 26 heavy (non-hydrogen) atoms. The van der Waals surface area contributed by atoms with Crippen LogP contribution in [0.3, 0.4) is 0 Å². The molecule has 138 valence electrons. The van der Waals surface area contributed by atoms with Gasteiger partial charge in [-0.1, -0.05) is 0 Å². The van der Waals surface area contributed by atoms with E-state index in [0.29, 0.717) is 35.4 Å². The third-order valence-corrected chi connectivity index (χ3v) is 4.45. The van der Waals surface area contributed by atoms with Crippen LogP contribution < -0.4 is 15.2 Å². The summed E-state index contributed by atoms with van der Waals surface area (Å²) in [6, 6.07) is 7.70. The number of H-pyrrole nitrogens is 1. The summed E-state index contributed by atoms with van der Waals surface area (Å²) >= 11 is 0. The Balaban J connectivity index is 2.21. The highest BCUT2D eigenvalue weighted by Crippen LogP contribution is 2.36. The monoisotopic (exact) mass is 360 g/mol. The zero-order valence-electron chi connectivity index (χ0n) is 14.9. The van der Waals surface area contributed by atoms with Crippen molar-refractivity contribution in [1.29, 1.82) is 0 Å². The average molecular weight is 360 g/mol. The number of aromatic nitrogens is 1. The minimum absolute atomic E-state index is 0.297. The number of aromatic amines is 1. The molecule has 0 aliphatic carbocycles. The van der Waals surface area contributed by atoms with Crippen LogP contribution >= 0.6 is 0 Å². The standard InChI is InChI=1S/C20H22F2N2O2/c1-25-14-7-12(8-15(11-14)26-2)19-16(5-3-4-6-23)17-9-13(21)10-18(22)20(17)24-19/h7-11,24H,3-6,23H2,1-2H3. The molecule has 0 aliphatic rings. The lowest BCUT2D eigenvalue weighted by Crippen LogP contribution is -1.99. The van der Waals surface area contributed by atoms with Crippen LogP contribution in [0.1, 0.15) is 18.4 Å². The van der Waals surface area contributed by atoms with Gasteiger partial charge in [-0.2, -0.15) is 0 Å². The number of ether oxygens (including phenoxy) is 2. The molecule has 0 radical (unpaired) electrons. The minimum atomic E-state index is -0.610. The first-order valence-corrected chi connectivity index (χ1v) is 8.50. The first-order valence-electron chi connectivity index (χ1n) is 8.50.